The van der Waals surface area contributed by atoms with E-state index in [4.69, 9.17) is 35.7 Å². The fraction of sp³-hybridized carbons (Fsp3) is 0.536. The number of rotatable bonds is 11. The van der Waals surface area contributed by atoms with Crippen LogP contribution in [0.5, 0.6) is 11.5 Å². The summed E-state index contributed by atoms with van der Waals surface area (Å²) in [5, 5.41) is 16.9. The minimum Gasteiger partial charge on any atom is -0.494 e. The lowest BCUT2D eigenvalue weighted by atomic mass is 9.78. The van der Waals surface area contributed by atoms with Crippen molar-refractivity contribution in [1.29, 1.82) is 0 Å². The molecule has 0 aliphatic carbocycles. The van der Waals surface area contributed by atoms with E-state index in [1.165, 1.54) is 24.6 Å². The maximum absolute atomic E-state index is 9.48. The Morgan fingerprint density at radius 2 is 1.33 bits per heavy atom. The van der Waals surface area contributed by atoms with E-state index in [1.54, 1.807) is 7.11 Å². The number of aliphatic hydroxyl groups excluding tert-OH is 1. The molecule has 0 saturated carbocycles. The molecule has 0 spiro atoms. The smallest absolute Gasteiger partial charge is 0.300 e. The number of methoxy groups -OCH3 is 1. The minimum atomic E-state index is -0.833. The predicted molar refractivity (Wildman–Crippen MR) is 149 cm³/mol. The maximum atomic E-state index is 9.48. The molecule has 206 valence electrons. The van der Waals surface area contributed by atoms with Crippen LogP contribution in [0.1, 0.15) is 58.6 Å². The summed E-state index contributed by atoms with van der Waals surface area (Å²) >= 11 is 5.58. The van der Waals surface area contributed by atoms with E-state index >= 15 is 0 Å². The molecule has 2 aromatic rings. The zero-order valence-electron chi connectivity index (χ0n) is 22.9. The second kappa shape index (κ2) is 21.9. The van der Waals surface area contributed by atoms with Gasteiger partial charge in [-0.05, 0) is 42.4 Å². The van der Waals surface area contributed by atoms with E-state index in [0.29, 0.717) is 13.2 Å². The number of carbonyl (C=O) groups is 1. The summed E-state index contributed by atoms with van der Waals surface area (Å²) in [5.74, 6) is 0.919. The molecule has 0 bridgehead atoms. The van der Waals surface area contributed by atoms with E-state index in [-0.39, 0.29) is 17.9 Å². The number of carboxylic acid groups (broad SMARTS) is 1. The first kappa shape index (κ1) is 35.8. The van der Waals surface area contributed by atoms with Gasteiger partial charge in [0.05, 0.1) is 12.5 Å². The predicted octanol–water partition coefficient (Wildman–Crippen LogP) is 5.49. The summed E-state index contributed by atoms with van der Waals surface area (Å²) in [6, 6.07) is 16.2. The average molecular weight is 528 g/mol. The third kappa shape index (κ3) is 16.4. The Morgan fingerprint density at radius 3 is 1.69 bits per heavy atom. The molecule has 0 amide bonds. The second-order valence-electron chi connectivity index (χ2n) is 8.21. The van der Waals surface area contributed by atoms with E-state index in [2.05, 4.69) is 57.7 Å². The van der Waals surface area contributed by atoms with Crippen molar-refractivity contribution >= 4 is 17.6 Å². The fourth-order valence-corrected chi connectivity index (χ4v) is 2.82. The number of halogens is 1. The quantitative estimate of drug-likeness (QED) is 0.262. The molecule has 36 heavy (non-hydrogen) atoms. The number of ether oxygens (including phenoxy) is 3. The molecule has 7 nitrogen and oxygen atoms in total. The normalized spacial score (nSPS) is 10.8. The van der Waals surface area contributed by atoms with Crippen LogP contribution in [0.15, 0.2) is 48.5 Å². The van der Waals surface area contributed by atoms with Crippen molar-refractivity contribution in [3.8, 4) is 11.5 Å². The first-order valence-electron chi connectivity index (χ1n) is 12.1. The molecule has 0 aliphatic rings. The average Bonchev–Trinajstić information content (AvgIpc) is 2.87. The molecule has 1 unspecified atom stereocenters. The van der Waals surface area contributed by atoms with Crippen molar-refractivity contribution in [3.63, 3.8) is 0 Å². The molecule has 8 heteroatoms. The summed E-state index contributed by atoms with van der Waals surface area (Å²) in [4.78, 5) is 9.00. The van der Waals surface area contributed by atoms with Crippen molar-refractivity contribution < 1.29 is 29.2 Å². The van der Waals surface area contributed by atoms with Crippen LogP contribution in [0, 0.1) is 0 Å². The Morgan fingerprint density at radius 1 is 0.944 bits per heavy atom. The monoisotopic (exact) mass is 527 g/mol. The van der Waals surface area contributed by atoms with Gasteiger partial charge in [0.15, 0.2) is 0 Å². The van der Waals surface area contributed by atoms with Gasteiger partial charge in [0.25, 0.3) is 5.97 Å². The van der Waals surface area contributed by atoms with E-state index in [1.807, 2.05) is 24.3 Å². The summed E-state index contributed by atoms with van der Waals surface area (Å²) in [6.07, 6.45) is 1.47. The molecular weight excluding hydrogens is 482 g/mol. The molecule has 4 N–H and O–H groups in total. The Labute approximate surface area is 222 Å². The van der Waals surface area contributed by atoms with Crippen LogP contribution in [0.2, 0.25) is 0 Å². The van der Waals surface area contributed by atoms with Crippen molar-refractivity contribution in [2.45, 2.75) is 59.0 Å². The summed E-state index contributed by atoms with van der Waals surface area (Å²) in [5.41, 5.74) is 6.74. The number of aliphatic hydroxyl groups is 1. The second-order valence-corrected chi connectivity index (χ2v) is 8.52. The van der Waals surface area contributed by atoms with Gasteiger partial charge in [-0.3, -0.25) is 4.79 Å². The molecular formula is C28H46ClNO6. The number of hydrogen-bond acceptors (Lipinski definition) is 6. The van der Waals surface area contributed by atoms with Crippen molar-refractivity contribution in [2.75, 3.05) is 39.9 Å². The van der Waals surface area contributed by atoms with Gasteiger partial charge in [0.2, 0.25) is 0 Å². The zero-order valence-corrected chi connectivity index (χ0v) is 23.7. The largest absolute Gasteiger partial charge is 0.494 e. The Balaban J connectivity index is 0. The lowest BCUT2D eigenvalue weighted by Crippen LogP contribution is -2.20. The molecule has 0 radical (unpaired) electrons. The van der Waals surface area contributed by atoms with Gasteiger partial charge in [-0.15, -0.1) is 11.6 Å². The Kier molecular flexibility index (Phi) is 21.8. The molecule has 2 aromatic carbocycles. The minimum absolute atomic E-state index is 0.150. The van der Waals surface area contributed by atoms with Gasteiger partial charge in [0.1, 0.15) is 24.2 Å². The highest BCUT2D eigenvalue weighted by Crippen LogP contribution is 2.33. The third-order valence-corrected chi connectivity index (χ3v) is 4.89. The van der Waals surface area contributed by atoms with Crippen LogP contribution in [-0.2, 0) is 14.9 Å². The van der Waals surface area contributed by atoms with Gasteiger partial charge in [-0.2, -0.15) is 0 Å². The molecule has 0 saturated heterocycles. The van der Waals surface area contributed by atoms with Crippen molar-refractivity contribution in [2.24, 2.45) is 5.73 Å². The van der Waals surface area contributed by atoms with Gasteiger partial charge >= 0.3 is 0 Å². The molecule has 1 atom stereocenters. The summed E-state index contributed by atoms with van der Waals surface area (Å²) in [7, 11) is 3.19. The van der Waals surface area contributed by atoms with Crippen LogP contribution < -0.4 is 15.2 Å². The topological polar surface area (TPSA) is 111 Å². The zero-order chi connectivity index (χ0) is 28.0. The number of nitrogens with two attached hydrogens (primary N) is 1. The van der Waals surface area contributed by atoms with Gasteiger partial charge < -0.3 is 30.2 Å². The van der Waals surface area contributed by atoms with E-state index < -0.39 is 12.1 Å². The van der Waals surface area contributed by atoms with Gasteiger partial charge in [0, 0.05) is 32.5 Å². The lowest BCUT2D eigenvalue weighted by Gasteiger charge is -2.26. The first-order valence-corrected chi connectivity index (χ1v) is 12.6. The molecule has 0 fully saturated rings. The van der Waals surface area contributed by atoms with Crippen molar-refractivity contribution in [1.82, 2.24) is 0 Å². The Hall–Kier alpha value is -2.32. The number of carboxylic acids is 1. The number of hydrogen-bond donors (Lipinski definition) is 3. The van der Waals surface area contributed by atoms with Crippen molar-refractivity contribution in [3.05, 3.63) is 59.7 Å². The Bertz CT molecular complexity index is 778. The van der Waals surface area contributed by atoms with E-state index in [9.17, 15) is 5.11 Å². The van der Waals surface area contributed by atoms with Crippen LogP contribution in [0.25, 0.3) is 0 Å². The van der Waals surface area contributed by atoms with Gasteiger partial charge in [-0.25, -0.2) is 0 Å². The highest BCUT2D eigenvalue weighted by molar-refractivity contribution is 6.18. The molecule has 0 aliphatic heterocycles. The van der Waals surface area contributed by atoms with Crippen LogP contribution in [-0.4, -0.2) is 62.1 Å². The van der Waals surface area contributed by atoms with Crippen LogP contribution >= 0.6 is 11.6 Å². The SMILES string of the molecule is CC(=O)O.CCC.CN.COCCCOc1ccc(C(C)(C)c2ccc(OCC(O)CCl)cc2)cc1. The van der Waals surface area contributed by atoms with E-state index in [0.717, 1.165) is 24.8 Å². The van der Waals surface area contributed by atoms with Crippen LogP contribution in [0.4, 0.5) is 0 Å². The highest BCUT2D eigenvalue weighted by atomic mass is 35.5. The standard InChI is InChI=1S/C22H29ClO4.C3H8.C2H4O2.CH5N/c1-22(2,17-5-9-20(10-6-17)26-14-4-13-25-3)18-7-11-21(12-8-18)27-16-19(24)15-23;1-3-2;1-2(3)4;1-2/h5-12,19,24H,4,13-16H2,1-3H3;3H2,1-2H3;1H3,(H,3,4);2H2,1H3. The highest BCUT2D eigenvalue weighted by Gasteiger charge is 2.23. The maximum Gasteiger partial charge on any atom is 0.300 e. The lowest BCUT2D eigenvalue weighted by molar-refractivity contribution is -0.134. The molecule has 0 aromatic heterocycles. The number of benzene rings is 2. The fourth-order valence-electron chi connectivity index (χ4n) is 2.73. The third-order valence-electron chi connectivity index (χ3n) is 4.53. The summed E-state index contributed by atoms with van der Waals surface area (Å²) < 4.78 is 16.3. The molecule has 0 heterocycles. The first-order chi connectivity index (χ1) is 17.1. The summed E-state index contributed by atoms with van der Waals surface area (Å²) in [6.45, 7) is 11.3. The number of alkyl halides is 1. The van der Waals surface area contributed by atoms with Gasteiger partial charge in [-0.1, -0.05) is 58.4 Å². The number of aliphatic carboxylic acids is 1. The molecule has 2 rings (SSSR count). The van der Waals surface area contributed by atoms with Crippen LogP contribution in [0.3, 0.4) is 0 Å².